The van der Waals surface area contributed by atoms with Gasteiger partial charge < -0.3 is 5.32 Å². The first-order chi connectivity index (χ1) is 9.56. The molecule has 1 heterocycles. The Balaban J connectivity index is 2.51. The fourth-order valence-electron chi connectivity index (χ4n) is 2.48. The second kappa shape index (κ2) is 5.74. The lowest BCUT2D eigenvalue weighted by Crippen LogP contribution is -2.47. The number of Topliss-reactive ketones (excluding diaryl/α,β-unsaturated/α-hetero) is 1. The van der Waals surface area contributed by atoms with Crippen LogP contribution in [0.4, 0.5) is 4.79 Å². The van der Waals surface area contributed by atoms with Crippen molar-refractivity contribution in [1.29, 1.82) is 0 Å². The average Bonchev–Trinajstić information content (AvgIpc) is 2.43. The summed E-state index contributed by atoms with van der Waals surface area (Å²) in [5.74, 6) is -0.0367. The molecule has 1 aliphatic rings. The van der Waals surface area contributed by atoms with E-state index in [0.29, 0.717) is 17.8 Å². The molecule has 20 heavy (non-hydrogen) atoms. The van der Waals surface area contributed by atoms with Gasteiger partial charge in [-0.25, -0.2) is 4.79 Å². The fraction of sp³-hybridized carbons (Fsp3) is 0.250. The molecule has 4 nitrogen and oxygen atoms in total. The van der Waals surface area contributed by atoms with Crippen LogP contribution in [-0.4, -0.2) is 23.3 Å². The van der Waals surface area contributed by atoms with Gasteiger partial charge in [-0.15, -0.1) is 6.58 Å². The van der Waals surface area contributed by atoms with E-state index < -0.39 is 0 Å². The van der Waals surface area contributed by atoms with Crippen LogP contribution in [0, 0.1) is 0 Å². The fourth-order valence-corrected chi connectivity index (χ4v) is 2.48. The number of allylic oxidation sites excluding steroid dienone is 1. The maximum atomic E-state index is 12.2. The summed E-state index contributed by atoms with van der Waals surface area (Å²) in [7, 11) is 0. The van der Waals surface area contributed by atoms with E-state index in [2.05, 4.69) is 11.9 Å². The number of rotatable bonds is 4. The second-order valence-electron chi connectivity index (χ2n) is 4.75. The summed E-state index contributed by atoms with van der Waals surface area (Å²) in [6, 6.07) is 8.91. The lowest BCUT2D eigenvalue weighted by atomic mass is 9.92. The molecule has 1 N–H and O–H groups in total. The zero-order valence-corrected chi connectivity index (χ0v) is 11.7. The van der Waals surface area contributed by atoms with E-state index in [1.165, 1.54) is 11.8 Å². The summed E-state index contributed by atoms with van der Waals surface area (Å²) in [6.07, 6.45) is 1.64. The quantitative estimate of drug-likeness (QED) is 0.855. The van der Waals surface area contributed by atoms with Gasteiger partial charge in [0.1, 0.15) is 0 Å². The lowest BCUT2D eigenvalue weighted by molar-refractivity contribution is -0.114. The van der Waals surface area contributed by atoms with E-state index in [9.17, 15) is 9.59 Å². The predicted octanol–water partition coefficient (Wildman–Crippen LogP) is 2.80. The molecule has 0 aliphatic carbocycles. The molecule has 1 aromatic rings. The van der Waals surface area contributed by atoms with Crippen LogP contribution in [0.1, 0.15) is 25.5 Å². The van der Waals surface area contributed by atoms with E-state index in [1.807, 2.05) is 30.3 Å². The van der Waals surface area contributed by atoms with Gasteiger partial charge in [-0.2, -0.15) is 0 Å². The summed E-state index contributed by atoms with van der Waals surface area (Å²) in [4.78, 5) is 25.7. The van der Waals surface area contributed by atoms with Crippen LogP contribution in [0.3, 0.4) is 0 Å². The number of hydrogen-bond acceptors (Lipinski definition) is 2. The summed E-state index contributed by atoms with van der Waals surface area (Å²) < 4.78 is 0. The Hall–Kier alpha value is -2.36. The van der Waals surface area contributed by atoms with Crippen molar-refractivity contribution < 1.29 is 9.59 Å². The minimum absolute atomic E-state index is 0.0367. The number of ketones is 1. The molecular formula is C16H18N2O2. The van der Waals surface area contributed by atoms with Gasteiger partial charge in [0.2, 0.25) is 0 Å². The molecule has 0 radical (unpaired) electrons. The van der Waals surface area contributed by atoms with Crippen molar-refractivity contribution in [3.05, 3.63) is 59.8 Å². The molecule has 2 rings (SSSR count). The van der Waals surface area contributed by atoms with Gasteiger partial charge in [-0.3, -0.25) is 9.69 Å². The van der Waals surface area contributed by atoms with E-state index in [-0.39, 0.29) is 17.9 Å². The normalized spacial score (nSPS) is 18.8. The van der Waals surface area contributed by atoms with Crippen molar-refractivity contribution in [3.63, 3.8) is 0 Å². The van der Waals surface area contributed by atoms with Crippen molar-refractivity contribution >= 4 is 11.8 Å². The number of carbonyl (C=O) groups excluding carboxylic acids is 2. The Morgan fingerprint density at radius 3 is 2.60 bits per heavy atom. The topological polar surface area (TPSA) is 49.4 Å². The van der Waals surface area contributed by atoms with Crippen LogP contribution in [0.5, 0.6) is 0 Å². The molecule has 1 aromatic carbocycles. The average molecular weight is 270 g/mol. The first-order valence-electron chi connectivity index (χ1n) is 6.51. The number of nitrogens with one attached hydrogen (secondary N) is 1. The largest absolute Gasteiger partial charge is 0.327 e. The second-order valence-corrected chi connectivity index (χ2v) is 4.75. The number of urea groups is 1. The highest BCUT2D eigenvalue weighted by Crippen LogP contribution is 2.30. The van der Waals surface area contributed by atoms with Crippen molar-refractivity contribution in [3.8, 4) is 0 Å². The van der Waals surface area contributed by atoms with Gasteiger partial charge in [-0.05, 0) is 19.4 Å². The highest BCUT2D eigenvalue weighted by Gasteiger charge is 2.33. The van der Waals surface area contributed by atoms with Crippen LogP contribution in [0.15, 0.2) is 54.3 Å². The van der Waals surface area contributed by atoms with Gasteiger partial charge in [-0.1, -0.05) is 36.4 Å². The van der Waals surface area contributed by atoms with Gasteiger partial charge in [0.05, 0.1) is 6.04 Å². The summed E-state index contributed by atoms with van der Waals surface area (Å²) in [5.41, 5.74) is 2.22. The molecule has 1 atom stereocenters. The summed E-state index contributed by atoms with van der Waals surface area (Å²) in [6.45, 7) is 7.35. The molecule has 2 amide bonds. The Morgan fingerprint density at radius 2 is 2.05 bits per heavy atom. The smallest absolute Gasteiger partial charge is 0.322 e. The number of benzene rings is 1. The highest BCUT2D eigenvalue weighted by atomic mass is 16.2. The van der Waals surface area contributed by atoms with E-state index >= 15 is 0 Å². The number of hydrogen-bond donors (Lipinski definition) is 1. The van der Waals surface area contributed by atoms with Gasteiger partial charge >= 0.3 is 6.03 Å². The predicted molar refractivity (Wildman–Crippen MR) is 78.0 cm³/mol. The lowest BCUT2D eigenvalue weighted by Gasteiger charge is -2.35. The minimum atomic E-state index is -0.387. The zero-order valence-electron chi connectivity index (χ0n) is 11.7. The molecule has 1 aliphatic heterocycles. The Kier molecular flexibility index (Phi) is 4.03. The van der Waals surface area contributed by atoms with Gasteiger partial charge in [0, 0.05) is 17.8 Å². The van der Waals surface area contributed by atoms with E-state index in [4.69, 9.17) is 0 Å². The SMILES string of the molecule is C=CCN1C(=O)N[C@H](c2ccccc2)C(C(C)=O)=C1C. The number of amides is 2. The third-order valence-electron chi connectivity index (χ3n) is 3.42. The van der Waals surface area contributed by atoms with Crippen molar-refractivity contribution in [2.24, 2.45) is 0 Å². The Bertz CT molecular complexity index is 575. The molecule has 0 unspecified atom stereocenters. The van der Waals surface area contributed by atoms with E-state index in [1.54, 1.807) is 13.0 Å². The first-order valence-corrected chi connectivity index (χ1v) is 6.51. The van der Waals surface area contributed by atoms with Crippen LogP contribution in [0.2, 0.25) is 0 Å². The molecule has 0 saturated carbocycles. The zero-order chi connectivity index (χ0) is 14.7. The van der Waals surface area contributed by atoms with Crippen molar-refractivity contribution in [1.82, 2.24) is 10.2 Å². The molecule has 104 valence electrons. The minimum Gasteiger partial charge on any atom is -0.327 e. The molecule has 0 aromatic heterocycles. The number of nitrogens with zero attached hydrogens (tertiary/aromatic N) is 1. The molecular weight excluding hydrogens is 252 g/mol. The highest BCUT2D eigenvalue weighted by molar-refractivity contribution is 5.98. The molecule has 0 spiro atoms. The van der Waals surface area contributed by atoms with Crippen LogP contribution in [-0.2, 0) is 4.79 Å². The Morgan fingerprint density at radius 1 is 1.40 bits per heavy atom. The molecule has 0 saturated heterocycles. The van der Waals surface area contributed by atoms with Crippen LogP contribution < -0.4 is 5.32 Å². The van der Waals surface area contributed by atoms with Crippen molar-refractivity contribution in [2.45, 2.75) is 19.9 Å². The molecule has 4 heteroatoms. The van der Waals surface area contributed by atoms with Crippen LogP contribution >= 0.6 is 0 Å². The van der Waals surface area contributed by atoms with Gasteiger partial charge in [0.25, 0.3) is 0 Å². The maximum Gasteiger partial charge on any atom is 0.322 e. The summed E-state index contributed by atoms with van der Waals surface area (Å²) in [5, 5.41) is 2.89. The van der Waals surface area contributed by atoms with Gasteiger partial charge in [0.15, 0.2) is 5.78 Å². The summed E-state index contributed by atoms with van der Waals surface area (Å²) >= 11 is 0. The maximum absolute atomic E-state index is 12.2. The first kappa shape index (κ1) is 14.1. The molecule has 0 bridgehead atoms. The third kappa shape index (κ3) is 2.50. The third-order valence-corrected chi connectivity index (χ3v) is 3.42. The Labute approximate surface area is 118 Å². The monoisotopic (exact) mass is 270 g/mol. The van der Waals surface area contributed by atoms with E-state index in [0.717, 1.165) is 5.56 Å². The van der Waals surface area contributed by atoms with Crippen LogP contribution in [0.25, 0.3) is 0 Å². The van der Waals surface area contributed by atoms with Crippen molar-refractivity contribution in [2.75, 3.05) is 6.54 Å². The number of carbonyl (C=O) groups is 2. The standard InChI is InChI=1S/C16H18N2O2/c1-4-10-18-11(2)14(12(3)19)15(17-16(18)20)13-8-6-5-7-9-13/h4-9,15H,1,10H2,2-3H3,(H,17,20)/t15-/m1/s1. The molecule has 0 fully saturated rings.